The monoisotopic (exact) mass is 333 g/mol. The van der Waals surface area contributed by atoms with Gasteiger partial charge in [0.15, 0.2) is 9.84 Å². The predicted molar refractivity (Wildman–Crippen MR) is 77.8 cm³/mol. The average Bonchev–Trinajstić information content (AvgIpc) is 2.45. The third-order valence-electron chi connectivity index (χ3n) is 2.65. The Labute approximate surface area is 128 Å². The number of hydrogen-bond donors (Lipinski definition) is 1. The molecule has 0 fully saturated rings. The van der Waals surface area contributed by atoms with E-state index in [1.165, 1.54) is 19.2 Å². The number of benzene rings is 1. The molecule has 0 saturated heterocycles. The molecule has 8 heteroatoms. The summed E-state index contributed by atoms with van der Waals surface area (Å²) in [5, 5.41) is 2.58. The van der Waals surface area contributed by atoms with Crippen LogP contribution in [0.2, 0.25) is 5.02 Å². The van der Waals surface area contributed by atoms with Gasteiger partial charge in [-0.3, -0.25) is 9.59 Å². The fraction of sp³-hybridized carbons (Fsp3) is 0.385. The summed E-state index contributed by atoms with van der Waals surface area (Å²) < 4.78 is 28.5. The molecule has 0 aromatic heterocycles. The van der Waals surface area contributed by atoms with Crippen LogP contribution in [0.25, 0.3) is 0 Å². The molecule has 1 aromatic carbocycles. The standard InChI is InChI=1S/C13H16ClNO5S/c1-20-13(17)6-8-15-12(16)7-9-21(18,19)11-5-3-2-4-10(11)14/h2-5H,6-9H2,1H3,(H,15,16). The average molecular weight is 334 g/mol. The Morgan fingerprint density at radius 2 is 1.90 bits per heavy atom. The Bertz CT molecular complexity index is 615. The number of sulfone groups is 1. The van der Waals surface area contributed by atoms with E-state index in [0.717, 1.165) is 0 Å². The smallest absolute Gasteiger partial charge is 0.307 e. The highest BCUT2D eigenvalue weighted by molar-refractivity contribution is 7.91. The number of rotatable bonds is 7. The number of halogens is 1. The van der Waals surface area contributed by atoms with Gasteiger partial charge in [0, 0.05) is 13.0 Å². The molecule has 0 atom stereocenters. The first-order valence-electron chi connectivity index (χ1n) is 6.17. The van der Waals surface area contributed by atoms with Crippen molar-refractivity contribution in [2.75, 3.05) is 19.4 Å². The zero-order chi connectivity index (χ0) is 15.9. The van der Waals surface area contributed by atoms with Crippen LogP contribution in [0.5, 0.6) is 0 Å². The topological polar surface area (TPSA) is 89.5 Å². The number of ether oxygens (including phenoxy) is 1. The van der Waals surface area contributed by atoms with E-state index >= 15 is 0 Å². The molecule has 1 amide bonds. The van der Waals surface area contributed by atoms with Gasteiger partial charge in [-0.15, -0.1) is 0 Å². The maximum absolute atomic E-state index is 12.0. The Morgan fingerprint density at radius 1 is 1.24 bits per heavy atom. The summed E-state index contributed by atoms with van der Waals surface area (Å²) in [6.07, 6.45) is -0.158. The molecule has 0 saturated carbocycles. The van der Waals surface area contributed by atoms with Crippen molar-refractivity contribution in [3.05, 3.63) is 29.3 Å². The number of nitrogens with one attached hydrogen (secondary N) is 1. The first-order chi connectivity index (χ1) is 9.86. The largest absolute Gasteiger partial charge is 0.469 e. The number of esters is 1. The highest BCUT2D eigenvalue weighted by atomic mass is 35.5. The molecule has 0 bridgehead atoms. The van der Waals surface area contributed by atoms with Gasteiger partial charge in [0.05, 0.1) is 29.2 Å². The van der Waals surface area contributed by atoms with Crippen molar-refractivity contribution >= 4 is 33.3 Å². The van der Waals surface area contributed by atoms with Crippen LogP contribution in [-0.4, -0.2) is 39.7 Å². The van der Waals surface area contributed by atoms with Crippen molar-refractivity contribution in [2.45, 2.75) is 17.7 Å². The molecule has 1 N–H and O–H groups in total. The molecule has 0 aliphatic carbocycles. The zero-order valence-electron chi connectivity index (χ0n) is 11.5. The summed E-state index contributed by atoms with van der Waals surface area (Å²) in [6, 6.07) is 6.06. The van der Waals surface area contributed by atoms with Crippen molar-refractivity contribution in [3.8, 4) is 0 Å². The maximum atomic E-state index is 12.0. The molecule has 21 heavy (non-hydrogen) atoms. The Kier molecular flexibility index (Phi) is 6.64. The fourth-order valence-electron chi connectivity index (χ4n) is 1.53. The minimum atomic E-state index is -3.62. The molecule has 0 heterocycles. The van der Waals surface area contributed by atoms with Crippen LogP contribution in [0.1, 0.15) is 12.8 Å². The normalized spacial score (nSPS) is 11.0. The van der Waals surface area contributed by atoms with Gasteiger partial charge in [0.2, 0.25) is 5.91 Å². The molecular weight excluding hydrogens is 318 g/mol. The summed E-state index contributed by atoms with van der Waals surface area (Å²) >= 11 is 5.83. The van der Waals surface area contributed by atoms with E-state index < -0.39 is 21.7 Å². The summed E-state index contributed by atoms with van der Waals surface area (Å²) in [4.78, 5) is 22.4. The third-order valence-corrected chi connectivity index (χ3v) is 4.86. The lowest BCUT2D eigenvalue weighted by Gasteiger charge is -2.07. The fourth-order valence-corrected chi connectivity index (χ4v) is 3.34. The van der Waals surface area contributed by atoms with Gasteiger partial charge in [-0.1, -0.05) is 23.7 Å². The first kappa shape index (κ1) is 17.5. The molecular formula is C13H16ClNO5S. The Morgan fingerprint density at radius 3 is 2.52 bits per heavy atom. The van der Waals surface area contributed by atoms with Gasteiger partial charge < -0.3 is 10.1 Å². The second kappa shape index (κ2) is 7.99. The van der Waals surface area contributed by atoms with Crippen LogP contribution >= 0.6 is 11.6 Å². The van der Waals surface area contributed by atoms with Crippen LogP contribution in [-0.2, 0) is 24.2 Å². The minimum Gasteiger partial charge on any atom is -0.469 e. The highest BCUT2D eigenvalue weighted by Gasteiger charge is 2.19. The molecule has 0 aliphatic rings. The van der Waals surface area contributed by atoms with Crippen LogP contribution < -0.4 is 5.32 Å². The number of carbonyl (C=O) groups is 2. The third kappa shape index (κ3) is 5.73. The number of carbonyl (C=O) groups excluding carboxylic acids is 2. The highest BCUT2D eigenvalue weighted by Crippen LogP contribution is 2.22. The lowest BCUT2D eigenvalue weighted by Crippen LogP contribution is -2.28. The van der Waals surface area contributed by atoms with Crippen molar-refractivity contribution < 1.29 is 22.7 Å². The summed E-state index contributed by atoms with van der Waals surface area (Å²) in [5.41, 5.74) is 0. The summed E-state index contributed by atoms with van der Waals surface area (Å²) in [7, 11) is -2.37. The van der Waals surface area contributed by atoms with Gasteiger partial charge in [-0.05, 0) is 12.1 Å². The Hall–Kier alpha value is -1.60. The van der Waals surface area contributed by atoms with E-state index in [1.54, 1.807) is 12.1 Å². The van der Waals surface area contributed by atoms with Gasteiger partial charge in [-0.25, -0.2) is 8.42 Å². The molecule has 1 rings (SSSR count). The maximum Gasteiger partial charge on any atom is 0.307 e. The van der Waals surface area contributed by atoms with Gasteiger partial charge in [0.1, 0.15) is 0 Å². The van der Waals surface area contributed by atoms with E-state index in [2.05, 4.69) is 10.1 Å². The molecule has 0 spiro atoms. The minimum absolute atomic E-state index is 0.00836. The van der Waals surface area contributed by atoms with Crippen molar-refractivity contribution in [1.29, 1.82) is 0 Å². The van der Waals surface area contributed by atoms with Crippen molar-refractivity contribution in [1.82, 2.24) is 5.32 Å². The van der Waals surface area contributed by atoms with E-state index in [1.807, 2.05) is 0 Å². The lowest BCUT2D eigenvalue weighted by molar-refractivity contribution is -0.140. The van der Waals surface area contributed by atoms with Crippen molar-refractivity contribution in [2.24, 2.45) is 0 Å². The van der Waals surface area contributed by atoms with Crippen LogP contribution in [0.3, 0.4) is 0 Å². The van der Waals surface area contributed by atoms with Gasteiger partial charge in [0.25, 0.3) is 0 Å². The number of amides is 1. The van der Waals surface area contributed by atoms with E-state index in [4.69, 9.17) is 11.6 Å². The van der Waals surface area contributed by atoms with E-state index in [9.17, 15) is 18.0 Å². The van der Waals surface area contributed by atoms with E-state index in [-0.39, 0.29) is 35.1 Å². The number of hydrogen-bond acceptors (Lipinski definition) is 5. The Balaban J connectivity index is 2.49. The lowest BCUT2D eigenvalue weighted by atomic mass is 10.4. The van der Waals surface area contributed by atoms with Gasteiger partial charge in [-0.2, -0.15) is 0 Å². The second-order valence-electron chi connectivity index (χ2n) is 4.18. The molecule has 0 radical (unpaired) electrons. The van der Waals surface area contributed by atoms with E-state index in [0.29, 0.717) is 0 Å². The SMILES string of the molecule is COC(=O)CCNC(=O)CCS(=O)(=O)c1ccccc1Cl. The molecule has 1 aromatic rings. The van der Waals surface area contributed by atoms with Crippen LogP contribution in [0, 0.1) is 0 Å². The molecule has 0 aliphatic heterocycles. The quantitative estimate of drug-likeness (QED) is 0.757. The first-order valence-corrected chi connectivity index (χ1v) is 8.20. The molecule has 116 valence electrons. The molecule has 6 nitrogen and oxygen atoms in total. The summed E-state index contributed by atoms with van der Waals surface area (Å²) in [6.45, 7) is 0.109. The molecule has 0 unspecified atom stereocenters. The summed E-state index contributed by atoms with van der Waals surface area (Å²) in [5.74, 6) is -1.24. The van der Waals surface area contributed by atoms with Crippen LogP contribution in [0.15, 0.2) is 29.2 Å². The second-order valence-corrected chi connectivity index (χ2v) is 6.66. The van der Waals surface area contributed by atoms with Gasteiger partial charge >= 0.3 is 5.97 Å². The number of methoxy groups -OCH3 is 1. The zero-order valence-corrected chi connectivity index (χ0v) is 13.0. The van der Waals surface area contributed by atoms with Crippen LogP contribution in [0.4, 0.5) is 0 Å². The van der Waals surface area contributed by atoms with Crippen molar-refractivity contribution in [3.63, 3.8) is 0 Å². The predicted octanol–water partition coefficient (Wildman–Crippen LogP) is 1.18.